The summed E-state index contributed by atoms with van der Waals surface area (Å²) in [5.74, 6) is 0.446. The van der Waals surface area contributed by atoms with Gasteiger partial charge in [-0.2, -0.15) is 13.2 Å². The number of β-amino-alcohol motifs (C(OH)–C–C–N with tert-alkyl or cyclic N) is 1. The number of aromatic nitrogens is 2. The third-order valence-corrected chi connectivity index (χ3v) is 4.18. The molecule has 2 unspecified atom stereocenters. The summed E-state index contributed by atoms with van der Waals surface area (Å²) in [6, 6.07) is 0.310. The number of rotatable bonds is 6. The first-order valence-electron chi connectivity index (χ1n) is 7.99. The molecule has 23 heavy (non-hydrogen) atoms. The molecule has 1 N–H and O–H groups in total. The van der Waals surface area contributed by atoms with Crippen LogP contribution in [0, 0.1) is 0 Å². The van der Waals surface area contributed by atoms with Crippen LogP contribution in [0.5, 0.6) is 0 Å². The summed E-state index contributed by atoms with van der Waals surface area (Å²) >= 11 is 0. The molecule has 0 radical (unpaired) electrons. The molecule has 1 aromatic rings. The highest BCUT2D eigenvalue weighted by atomic mass is 19.4. The van der Waals surface area contributed by atoms with Crippen molar-refractivity contribution in [1.82, 2.24) is 19.4 Å². The minimum Gasteiger partial charge on any atom is -0.392 e. The van der Waals surface area contributed by atoms with Crippen LogP contribution in [-0.2, 0) is 13.1 Å². The van der Waals surface area contributed by atoms with E-state index in [0.717, 1.165) is 26.1 Å². The first-order chi connectivity index (χ1) is 10.8. The van der Waals surface area contributed by atoms with Crippen molar-refractivity contribution >= 4 is 0 Å². The van der Waals surface area contributed by atoms with Crippen LogP contribution >= 0.6 is 0 Å². The van der Waals surface area contributed by atoms with Gasteiger partial charge in [0.2, 0.25) is 0 Å². The second kappa shape index (κ2) is 7.63. The number of nitrogens with zero attached hydrogens (tertiary/aromatic N) is 4. The standard InChI is InChI=1S/C15H25F3N4O/c1-3-13-9-20(6-7-21(13)8-12(2)23)10-14-19-4-5-22(14)11-15(16,17)18/h4-5,12-13,23H,3,6-11H2,1-2H3. The first kappa shape index (κ1) is 18.2. The average Bonchev–Trinajstić information content (AvgIpc) is 2.85. The molecule has 0 spiro atoms. The molecular formula is C15H25F3N4O. The predicted octanol–water partition coefficient (Wildman–Crippen LogP) is 1.72. The maximum Gasteiger partial charge on any atom is 0.406 e. The smallest absolute Gasteiger partial charge is 0.392 e. The van der Waals surface area contributed by atoms with Gasteiger partial charge in [-0.15, -0.1) is 0 Å². The quantitative estimate of drug-likeness (QED) is 0.860. The number of aliphatic hydroxyl groups is 1. The van der Waals surface area contributed by atoms with Crippen molar-refractivity contribution in [3.05, 3.63) is 18.2 Å². The topological polar surface area (TPSA) is 44.5 Å². The van der Waals surface area contributed by atoms with Gasteiger partial charge in [0.25, 0.3) is 0 Å². The molecule has 1 aromatic heterocycles. The van der Waals surface area contributed by atoms with E-state index in [2.05, 4.69) is 21.7 Å². The molecule has 0 bridgehead atoms. The summed E-state index contributed by atoms with van der Waals surface area (Å²) in [5.41, 5.74) is 0. The Labute approximate surface area is 134 Å². The van der Waals surface area contributed by atoms with Gasteiger partial charge in [0, 0.05) is 44.6 Å². The predicted molar refractivity (Wildman–Crippen MR) is 80.9 cm³/mol. The first-order valence-corrected chi connectivity index (χ1v) is 7.99. The van der Waals surface area contributed by atoms with Crippen LogP contribution in [0.3, 0.4) is 0 Å². The number of alkyl halides is 3. The number of aliphatic hydroxyl groups excluding tert-OH is 1. The van der Waals surface area contributed by atoms with Crippen molar-refractivity contribution in [2.24, 2.45) is 0 Å². The summed E-state index contributed by atoms with van der Waals surface area (Å²) < 4.78 is 38.9. The highest BCUT2D eigenvalue weighted by molar-refractivity contribution is 4.95. The summed E-state index contributed by atoms with van der Waals surface area (Å²) in [6.45, 7) is 6.27. The summed E-state index contributed by atoms with van der Waals surface area (Å²) in [5, 5.41) is 9.56. The second-order valence-corrected chi connectivity index (χ2v) is 6.23. The monoisotopic (exact) mass is 334 g/mol. The van der Waals surface area contributed by atoms with Crippen molar-refractivity contribution in [1.29, 1.82) is 0 Å². The molecule has 1 saturated heterocycles. The molecule has 1 aliphatic heterocycles. The Bertz CT molecular complexity index is 489. The van der Waals surface area contributed by atoms with E-state index >= 15 is 0 Å². The molecule has 0 aromatic carbocycles. The van der Waals surface area contributed by atoms with Crippen LogP contribution in [0.4, 0.5) is 13.2 Å². The number of hydrogen-bond acceptors (Lipinski definition) is 4. The Morgan fingerprint density at radius 3 is 2.74 bits per heavy atom. The fourth-order valence-electron chi connectivity index (χ4n) is 3.10. The average molecular weight is 334 g/mol. The van der Waals surface area contributed by atoms with E-state index in [1.54, 1.807) is 6.92 Å². The second-order valence-electron chi connectivity index (χ2n) is 6.23. The van der Waals surface area contributed by atoms with E-state index in [-0.39, 0.29) is 6.10 Å². The van der Waals surface area contributed by atoms with E-state index in [1.807, 2.05) is 0 Å². The highest BCUT2D eigenvalue weighted by Gasteiger charge is 2.30. The van der Waals surface area contributed by atoms with Gasteiger partial charge in [0.05, 0.1) is 12.6 Å². The summed E-state index contributed by atoms with van der Waals surface area (Å²) in [7, 11) is 0. The minimum absolute atomic E-state index is 0.310. The zero-order chi connectivity index (χ0) is 17.0. The third kappa shape index (κ3) is 5.47. The zero-order valence-corrected chi connectivity index (χ0v) is 13.6. The molecule has 5 nitrogen and oxygen atoms in total. The lowest BCUT2D eigenvalue weighted by Crippen LogP contribution is -2.54. The van der Waals surface area contributed by atoms with Gasteiger partial charge in [-0.1, -0.05) is 6.92 Å². The number of halogens is 3. The maximum absolute atomic E-state index is 12.6. The Morgan fingerprint density at radius 1 is 1.39 bits per heavy atom. The molecule has 0 amide bonds. The van der Waals surface area contributed by atoms with Gasteiger partial charge >= 0.3 is 6.18 Å². The lowest BCUT2D eigenvalue weighted by molar-refractivity contribution is -0.141. The van der Waals surface area contributed by atoms with Gasteiger partial charge in [0.1, 0.15) is 12.4 Å². The van der Waals surface area contributed by atoms with Gasteiger partial charge in [-0.3, -0.25) is 9.80 Å². The molecule has 2 atom stereocenters. The Kier molecular flexibility index (Phi) is 6.05. The zero-order valence-electron chi connectivity index (χ0n) is 13.6. The Morgan fingerprint density at radius 2 is 2.13 bits per heavy atom. The van der Waals surface area contributed by atoms with Crippen LogP contribution < -0.4 is 0 Å². The molecule has 2 rings (SSSR count). The fourth-order valence-corrected chi connectivity index (χ4v) is 3.10. The van der Waals surface area contributed by atoms with Gasteiger partial charge < -0.3 is 9.67 Å². The summed E-state index contributed by atoms with van der Waals surface area (Å²) in [4.78, 5) is 8.47. The van der Waals surface area contributed by atoms with Crippen LogP contribution in [-0.4, -0.2) is 69.0 Å². The van der Waals surface area contributed by atoms with Crippen molar-refractivity contribution in [2.45, 2.75) is 51.7 Å². The molecule has 1 fully saturated rings. The molecule has 132 valence electrons. The summed E-state index contributed by atoms with van der Waals surface area (Å²) in [6.07, 6.45) is -0.870. The molecular weight excluding hydrogens is 309 g/mol. The van der Waals surface area contributed by atoms with Crippen LogP contribution in [0.25, 0.3) is 0 Å². The molecule has 0 aliphatic carbocycles. The van der Waals surface area contributed by atoms with Gasteiger partial charge in [-0.05, 0) is 13.3 Å². The Balaban J connectivity index is 1.96. The maximum atomic E-state index is 12.6. The molecule has 8 heteroatoms. The fraction of sp³-hybridized carbons (Fsp3) is 0.800. The van der Waals surface area contributed by atoms with Crippen LogP contribution in [0.2, 0.25) is 0 Å². The SMILES string of the molecule is CCC1CN(Cc2nccn2CC(F)(F)F)CCN1CC(C)O. The largest absolute Gasteiger partial charge is 0.406 e. The van der Waals surface area contributed by atoms with Crippen molar-refractivity contribution < 1.29 is 18.3 Å². The number of imidazole rings is 1. The van der Waals surface area contributed by atoms with E-state index in [0.29, 0.717) is 25.0 Å². The van der Waals surface area contributed by atoms with Crippen molar-refractivity contribution in [2.75, 3.05) is 26.2 Å². The molecule has 2 heterocycles. The van der Waals surface area contributed by atoms with Crippen LogP contribution in [0.15, 0.2) is 12.4 Å². The number of piperazine rings is 1. The number of hydrogen-bond donors (Lipinski definition) is 1. The van der Waals surface area contributed by atoms with E-state index in [4.69, 9.17) is 0 Å². The van der Waals surface area contributed by atoms with Gasteiger partial charge in [-0.25, -0.2) is 4.98 Å². The van der Waals surface area contributed by atoms with E-state index in [9.17, 15) is 18.3 Å². The third-order valence-electron chi connectivity index (χ3n) is 4.18. The Hall–Kier alpha value is -1.12. The molecule has 0 saturated carbocycles. The lowest BCUT2D eigenvalue weighted by Gasteiger charge is -2.41. The van der Waals surface area contributed by atoms with Crippen molar-refractivity contribution in [3.63, 3.8) is 0 Å². The minimum atomic E-state index is -4.24. The molecule has 1 aliphatic rings. The van der Waals surface area contributed by atoms with Crippen LogP contribution in [0.1, 0.15) is 26.1 Å². The van der Waals surface area contributed by atoms with E-state index in [1.165, 1.54) is 17.0 Å². The normalized spacial score (nSPS) is 22.4. The lowest BCUT2D eigenvalue weighted by atomic mass is 10.1. The highest BCUT2D eigenvalue weighted by Crippen LogP contribution is 2.20. The van der Waals surface area contributed by atoms with E-state index < -0.39 is 12.7 Å². The van der Waals surface area contributed by atoms with Crippen molar-refractivity contribution in [3.8, 4) is 0 Å². The van der Waals surface area contributed by atoms with Gasteiger partial charge in [0.15, 0.2) is 0 Å².